The van der Waals surface area contributed by atoms with E-state index in [9.17, 15) is 0 Å². The van der Waals surface area contributed by atoms with Crippen molar-refractivity contribution < 1.29 is 0 Å². The van der Waals surface area contributed by atoms with Crippen LogP contribution in [-0.2, 0) is 0 Å². The van der Waals surface area contributed by atoms with Crippen molar-refractivity contribution in [2.75, 3.05) is 0 Å². The molecule has 0 rings (SSSR count). The lowest BCUT2D eigenvalue weighted by Crippen LogP contribution is -1.98. The first-order valence-corrected chi connectivity index (χ1v) is 13.9. The van der Waals surface area contributed by atoms with Crippen molar-refractivity contribution in [2.45, 2.75) is 163 Å². The molecule has 0 fully saturated rings. The average Bonchev–Trinajstić information content (AvgIpc) is 2.73. The summed E-state index contributed by atoms with van der Waals surface area (Å²) in [4.78, 5) is 0. The number of rotatable bonds is 23. The molecule has 0 aliphatic carbocycles. The predicted octanol–water partition coefficient (Wildman–Crippen LogP) is 11.0. The highest BCUT2D eigenvalue weighted by atomic mass is 14.1. The highest BCUT2D eigenvalue weighted by Crippen LogP contribution is 2.21. The standard InChI is InChI=1S/C29H58/c1-5-8-21-24-28(4)25-22-19-17-15-13-11-10-12-14-16-18-20-23-27-29(7-3)26-9-6-2/h21,24,28-29H,5-20,22-23,25-27H2,1-4H3. The maximum absolute atomic E-state index is 2.43. The monoisotopic (exact) mass is 406 g/mol. The minimum atomic E-state index is 0.788. The van der Waals surface area contributed by atoms with Gasteiger partial charge < -0.3 is 0 Å². The predicted molar refractivity (Wildman–Crippen MR) is 136 cm³/mol. The minimum absolute atomic E-state index is 0.788. The topological polar surface area (TPSA) is 0 Å². The number of unbranched alkanes of at least 4 members (excludes halogenated alkanes) is 14. The Morgan fingerprint density at radius 1 is 0.517 bits per heavy atom. The molecule has 2 unspecified atom stereocenters. The van der Waals surface area contributed by atoms with Crippen LogP contribution in [0.2, 0.25) is 0 Å². The maximum atomic E-state index is 2.43. The molecule has 0 aromatic rings. The summed E-state index contributed by atoms with van der Waals surface area (Å²) in [5.74, 6) is 1.80. The summed E-state index contributed by atoms with van der Waals surface area (Å²) >= 11 is 0. The van der Waals surface area contributed by atoms with Gasteiger partial charge in [-0.2, -0.15) is 0 Å². The normalized spacial score (nSPS) is 13.9. The summed E-state index contributed by atoms with van der Waals surface area (Å²) in [6.45, 7) is 9.34. The Balaban J connectivity index is 3.22. The van der Waals surface area contributed by atoms with Crippen LogP contribution in [0.15, 0.2) is 12.2 Å². The van der Waals surface area contributed by atoms with E-state index in [1.807, 2.05) is 0 Å². The second-order valence-electron chi connectivity index (χ2n) is 9.78. The van der Waals surface area contributed by atoms with Gasteiger partial charge >= 0.3 is 0 Å². The molecular weight excluding hydrogens is 348 g/mol. The first-order valence-electron chi connectivity index (χ1n) is 13.9. The molecule has 0 nitrogen and oxygen atoms in total. The van der Waals surface area contributed by atoms with Gasteiger partial charge in [-0.25, -0.2) is 0 Å². The molecule has 29 heavy (non-hydrogen) atoms. The number of allylic oxidation sites excluding steroid dienone is 2. The highest BCUT2D eigenvalue weighted by molar-refractivity contribution is 4.85. The van der Waals surface area contributed by atoms with Gasteiger partial charge in [0.05, 0.1) is 0 Å². The van der Waals surface area contributed by atoms with Crippen LogP contribution in [-0.4, -0.2) is 0 Å². The van der Waals surface area contributed by atoms with Gasteiger partial charge in [0.1, 0.15) is 0 Å². The lowest BCUT2D eigenvalue weighted by atomic mass is 9.93. The van der Waals surface area contributed by atoms with Crippen molar-refractivity contribution in [1.29, 1.82) is 0 Å². The van der Waals surface area contributed by atoms with E-state index < -0.39 is 0 Å². The number of hydrogen-bond acceptors (Lipinski definition) is 0. The molecule has 0 aliphatic heterocycles. The van der Waals surface area contributed by atoms with E-state index in [1.54, 1.807) is 0 Å². The van der Waals surface area contributed by atoms with Gasteiger partial charge in [0.25, 0.3) is 0 Å². The summed E-state index contributed by atoms with van der Waals surface area (Å²) < 4.78 is 0. The molecule has 0 spiro atoms. The van der Waals surface area contributed by atoms with E-state index >= 15 is 0 Å². The highest BCUT2D eigenvalue weighted by Gasteiger charge is 2.05. The van der Waals surface area contributed by atoms with Gasteiger partial charge in [0.15, 0.2) is 0 Å². The van der Waals surface area contributed by atoms with E-state index in [-0.39, 0.29) is 0 Å². The smallest absolute Gasteiger partial charge is 0.0262 e. The van der Waals surface area contributed by atoms with Crippen molar-refractivity contribution in [1.82, 2.24) is 0 Å². The first-order chi connectivity index (χ1) is 14.2. The summed E-state index contributed by atoms with van der Waals surface area (Å²) in [6, 6.07) is 0. The van der Waals surface area contributed by atoms with Gasteiger partial charge in [-0.05, 0) is 24.7 Å². The Kier molecular flexibility index (Phi) is 23.8. The quantitative estimate of drug-likeness (QED) is 0.117. The van der Waals surface area contributed by atoms with E-state index in [1.165, 1.54) is 135 Å². The molecule has 0 heterocycles. The second kappa shape index (κ2) is 24.0. The van der Waals surface area contributed by atoms with Gasteiger partial charge in [-0.1, -0.05) is 162 Å². The van der Waals surface area contributed by atoms with Gasteiger partial charge in [0, 0.05) is 0 Å². The molecule has 0 saturated heterocycles. The Bertz CT molecular complexity index is 316. The molecule has 0 amide bonds. The Morgan fingerprint density at radius 3 is 1.41 bits per heavy atom. The molecule has 0 saturated carbocycles. The van der Waals surface area contributed by atoms with E-state index in [4.69, 9.17) is 0 Å². The molecule has 174 valence electrons. The van der Waals surface area contributed by atoms with Crippen LogP contribution < -0.4 is 0 Å². The van der Waals surface area contributed by atoms with Crippen molar-refractivity contribution in [3.8, 4) is 0 Å². The zero-order valence-corrected chi connectivity index (χ0v) is 21.2. The number of hydrogen-bond donors (Lipinski definition) is 0. The fourth-order valence-corrected chi connectivity index (χ4v) is 4.48. The first kappa shape index (κ1) is 28.7. The van der Waals surface area contributed by atoms with E-state index in [0.717, 1.165) is 11.8 Å². The second-order valence-corrected chi connectivity index (χ2v) is 9.78. The van der Waals surface area contributed by atoms with Crippen molar-refractivity contribution in [2.24, 2.45) is 11.8 Å². The third-order valence-electron chi connectivity index (χ3n) is 6.74. The third-order valence-corrected chi connectivity index (χ3v) is 6.74. The largest absolute Gasteiger partial charge is 0.0883 e. The fourth-order valence-electron chi connectivity index (χ4n) is 4.48. The molecular formula is C29H58. The van der Waals surface area contributed by atoms with Crippen molar-refractivity contribution >= 4 is 0 Å². The molecule has 2 atom stereocenters. The third kappa shape index (κ3) is 22.3. The molecule has 0 heteroatoms. The van der Waals surface area contributed by atoms with Crippen LogP contribution >= 0.6 is 0 Å². The molecule has 0 bridgehead atoms. The minimum Gasteiger partial charge on any atom is -0.0883 e. The lowest BCUT2D eigenvalue weighted by Gasteiger charge is -2.13. The summed E-state index contributed by atoms with van der Waals surface area (Å²) in [7, 11) is 0. The van der Waals surface area contributed by atoms with Crippen LogP contribution in [0.25, 0.3) is 0 Å². The molecule has 0 aliphatic rings. The summed E-state index contributed by atoms with van der Waals surface area (Å²) in [6.07, 6.45) is 35.0. The SMILES string of the molecule is CCCC=CC(C)CCCCCCCCCCCCCCCC(CC)CCCC. The lowest BCUT2D eigenvalue weighted by molar-refractivity contribution is 0.399. The summed E-state index contributed by atoms with van der Waals surface area (Å²) in [5, 5.41) is 0. The maximum Gasteiger partial charge on any atom is -0.0262 e. The van der Waals surface area contributed by atoms with Gasteiger partial charge in [-0.3, -0.25) is 0 Å². The van der Waals surface area contributed by atoms with Crippen LogP contribution in [0.3, 0.4) is 0 Å². The Hall–Kier alpha value is -0.260. The van der Waals surface area contributed by atoms with Crippen molar-refractivity contribution in [3.05, 3.63) is 12.2 Å². The molecule has 0 radical (unpaired) electrons. The summed E-state index contributed by atoms with van der Waals surface area (Å²) in [5.41, 5.74) is 0. The van der Waals surface area contributed by atoms with E-state index in [2.05, 4.69) is 39.8 Å². The average molecular weight is 407 g/mol. The van der Waals surface area contributed by atoms with Gasteiger partial charge in [0.2, 0.25) is 0 Å². The Morgan fingerprint density at radius 2 is 0.966 bits per heavy atom. The van der Waals surface area contributed by atoms with Crippen LogP contribution in [0, 0.1) is 11.8 Å². The molecule has 0 aromatic heterocycles. The van der Waals surface area contributed by atoms with Crippen LogP contribution in [0.5, 0.6) is 0 Å². The van der Waals surface area contributed by atoms with Crippen molar-refractivity contribution in [3.63, 3.8) is 0 Å². The van der Waals surface area contributed by atoms with E-state index in [0.29, 0.717) is 0 Å². The van der Waals surface area contributed by atoms with Gasteiger partial charge in [-0.15, -0.1) is 0 Å². The zero-order valence-electron chi connectivity index (χ0n) is 21.2. The Labute approximate surface area is 186 Å². The molecule has 0 aromatic carbocycles. The van der Waals surface area contributed by atoms with Crippen LogP contribution in [0.1, 0.15) is 163 Å². The zero-order chi connectivity index (χ0) is 21.4. The molecule has 0 N–H and O–H groups in total. The van der Waals surface area contributed by atoms with Crippen LogP contribution in [0.4, 0.5) is 0 Å². The fraction of sp³-hybridized carbons (Fsp3) is 0.931.